The summed E-state index contributed by atoms with van der Waals surface area (Å²) in [6.45, 7) is 2.97. The van der Waals surface area contributed by atoms with Crippen molar-refractivity contribution >= 4 is 11.6 Å². The molecule has 0 spiro atoms. The highest BCUT2D eigenvalue weighted by molar-refractivity contribution is 5.77. The summed E-state index contributed by atoms with van der Waals surface area (Å²) < 4.78 is 49.5. The Labute approximate surface area is 167 Å². The molecule has 0 atom stereocenters. The molecule has 0 aliphatic carbocycles. The average molecular weight is 408 g/mol. The van der Waals surface area contributed by atoms with Crippen LogP contribution in [-0.4, -0.2) is 50.8 Å². The normalized spacial score (nSPS) is 14.6. The number of hydrogen-bond acceptors (Lipinski definition) is 4. The Kier molecular flexibility index (Phi) is 6.64. The van der Waals surface area contributed by atoms with Crippen LogP contribution in [0.1, 0.15) is 11.1 Å². The molecular formula is C21H23F3N2O3. The molecule has 0 unspecified atom stereocenters. The molecule has 1 aliphatic rings. The maximum atomic E-state index is 13.0. The summed E-state index contributed by atoms with van der Waals surface area (Å²) in [7, 11) is 1.59. The lowest BCUT2D eigenvalue weighted by molar-refractivity contribution is -0.140. The lowest BCUT2D eigenvalue weighted by Crippen LogP contribution is -2.36. The second-order valence-electron chi connectivity index (χ2n) is 6.80. The van der Waals surface area contributed by atoms with Gasteiger partial charge in [-0.05, 0) is 29.8 Å². The Morgan fingerprint density at radius 3 is 2.41 bits per heavy atom. The molecule has 0 radical (unpaired) electrons. The lowest BCUT2D eigenvalue weighted by atomic mass is 10.1. The standard InChI is InChI=1S/C21H23F3N2O3/c1-25(14-16-6-8-17(9-7-16)26-10-12-28-13-11-26)20(27)15-29-19-5-3-2-4-18(19)21(22,23)24/h2-9H,10-15H2,1H3. The summed E-state index contributed by atoms with van der Waals surface area (Å²) >= 11 is 0. The van der Waals surface area contributed by atoms with Crippen molar-refractivity contribution in [1.82, 2.24) is 4.90 Å². The van der Waals surface area contributed by atoms with Crippen LogP contribution in [0.2, 0.25) is 0 Å². The van der Waals surface area contributed by atoms with Gasteiger partial charge < -0.3 is 19.3 Å². The van der Waals surface area contributed by atoms with Crippen molar-refractivity contribution in [3.63, 3.8) is 0 Å². The van der Waals surface area contributed by atoms with Crippen LogP contribution in [0.4, 0.5) is 18.9 Å². The second kappa shape index (κ2) is 9.17. The SMILES string of the molecule is CN(Cc1ccc(N2CCOCC2)cc1)C(=O)COc1ccccc1C(F)(F)F. The summed E-state index contributed by atoms with van der Waals surface area (Å²) in [6, 6.07) is 12.7. The van der Waals surface area contributed by atoms with E-state index < -0.39 is 24.3 Å². The molecule has 3 rings (SSSR count). The number of ether oxygens (including phenoxy) is 2. The Bertz CT molecular complexity index is 819. The van der Waals surface area contributed by atoms with Crippen molar-refractivity contribution in [1.29, 1.82) is 0 Å². The molecule has 1 heterocycles. The number of hydrogen-bond donors (Lipinski definition) is 0. The zero-order valence-electron chi connectivity index (χ0n) is 16.1. The molecule has 5 nitrogen and oxygen atoms in total. The first-order chi connectivity index (χ1) is 13.8. The monoisotopic (exact) mass is 408 g/mol. The molecule has 0 bridgehead atoms. The van der Waals surface area contributed by atoms with Crippen molar-refractivity contribution < 1.29 is 27.4 Å². The number of alkyl halides is 3. The third-order valence-corrected chi connectivity index (χ3v) is 4.70. The van der Waals surface area contributed by atoms with Gasteiger partial charge in [-0.25, -0.2) is 0 Å². The third kappa shape index (κ3) is 5.63. The van der Waals surface area contributed by atoms with Gasteiger partial charge in [0.1, 0.15) is 5.75 Å². The highest BCUT2D eigenvalue weighted by Crippen LogP contribution is 2.35. The number of morpholine rings is 1. The third-order valence-electron chi connectivity index (χ3n) is 4.70. The summed E-state index contributed by atoms with van der Waals surface area (Å²) in [4.78, 5) is 16.0. The van der Waals surface area contributed by atoms with Crippen LogP contribution in [0.25, 0.3) is 0 Å². The van der Waals surface area contributed by atoms with Gasteiger partial charge in [0, 0.05) is 32.4 Å². The molecule has 8 heteroatoms. The van der Waals surface area contributed by atoms with Crippen LogP contribution >= 0.6 is 0 Å². The first-order valence-corrected chi connectivity index (χ1v) is 9.29. The van der Waals surface area contributed by atoms with Crippen LogP contribution in [-0.2, 0) is 22.3 Å². The highest BCUT2D eigenvalue weighted by Gasteiger charge is 2.34. The smallest absolute Gasteiger partial charge is 0.419 e. The second-order valence-corrected chi connectivity index (χ2v) is 6.80. The van der Waals surface area contributed by atoms with Crippen LogP contribution in [0.3, 0.4) is 0 Å². The van der Waals surface area contributed by atoms with E-state index in [1.54, 1.807) is 7.05 Å². The fourth-order valence-electron chi connectivity index (χ4n) is 3.07. The summed E-state index contributed by atoms with van der Waals surface area (Å²) in [5.74, 6) is -0.754. The number of carbonyl (C=O) groups is 1. The van der Waals surface area contributed by atoms with Crippen molar-refractivity contribution in [2.45, 2.75) is 12.7 Å². The van der Waals surface area contributed by atoms with Crippen LogP contribution in [0.15, 0.2) is 48.5 Å². The zero-order chi connectivity index (χ0) is 20.9. The molecule has 1 amide bonds. The van der Waals surface area contributed by atoms with Gasteiger partial charge in [0.15, 0.2) is 6.61 Å². The lowest BCUT2D eigenvalue weighted by Gasteiger charge is -2.29. The minimum absolute atomic E-state index is 0.340. The summed E-state index contributed by atoms with van der Waals surface area (Å²) in [5, 5.41) is 0. The number of benzene rings is 2. The molecule has 1 fully saturated rings. The number of rotatable bonds is 6. The maximum Gasteiger partial charge on any atom is 0.419 e. The van der Waals surface area contributed by atoms with E-state index in [0.29, 0.717) is 19.8 Å². The van der Waals surface area contributed by atoms with Gasteiger partial charge in [0.2, 0.25) is 0 Å². The number of carbonyl (C=O) groups excluding carboxylic acids is 1. The summed E-state index contributed by atoms with van der Waals surface area (Å²) in [5.41, 5.74) is 1.13. The minimum Gasteiger partial charge on any atom is -0.483 e. The molecule has 2 aromatic carbocycles. The summed E-state index contributed by atoms with van der Waals surface area (Å²) in [6.07, 6.45) is -4.53. The largest absolute Gasteiger partial charge is 0.483 e. The fourth-order valence-corrected chi connectivity index (χ4v) is 3.07. The Morgan fingerprint density at radius 2 is 1.76 bits per heavy atom. The van der Waals surface area contributed by atoms with E-state index in [9.17, 15) is 18.0 Å². The average Bonchev–Trinajstić information content (AvgIpc) is 2.72. The molecule has 2 aromatic rings. The molecule has 29 heavy (non-hydrogen) atoms. The van der Waals surface area contributed by atoms with Gasteiger partial charge >= 0.3 is 6.18 Å². The predicted octanol–water partition coefficient (Wildman–Crippen LogP) is 3.58. The highest BCUT2D eigenvalue weighted by atomic mass is 19.4. The van der Waals surface area contributed by atoms with Crippen LogP contribution in [0, 0.1) is 0 Å². The first kappa shape index (κ1) is 21.0. The number of amides is 1. The molecular weight excluding hydrogens is 385 g/mol. The number of para-hydroxylation sites is 1. The Hall–Kier alpha value is -2.74. The van der Waals surface area contributed by atoms with E-state index in [2.05, 4.69) is 4.90 Å². The number of nitrogens with zero attached hydrogens (tertiary/aromatic N) is 2. The number of halogens is 3. The Balaban J connectivity index is 1.54. The van der Waals surface area contributed by atoms with E-state index in [4.69, 9.17) is 9.47 Å². The van der Waals surface area contributed by atoms with Crippen molar-refractivity contribution in [2.24, 2.45) is 0 Å². The van der Waals surface area contributed by atoms with E-state index in [0.717, 1.165) is 30.4 Å². The van der Waals surface area contributed by atoms with Crippen LogP contribution < -0.4 is 9.64 Å². The van der Waals surface area contributed by atoms with Crippen LogP contribution in [0.5, 0.6) is 5.75 Å². The van der Waals surface area contributed by atoms with Gasteiger partial charge in [0.25, 0.3) is 5.91 Å². The van der Waals surface area contributed by atoms with Gasteiger partial charge in [-0.1, -0.05) is 24.3 Å². The van der Waals surface area contributed by atoms with E-state index in [-0.39, 0.29) is 5.75 Å². The quantitative estimate of drug-likeness (QED) is 0.733. The van der Waals surface area contributed by atoms with E-state index >= 15 is 0 Å². The first-order valence-electron chi connectivity index (χ1n) is 9.29. The fraction of sp³-hybridized carbons (Fsp3) is 0.381. The zero-order valence-corrected chi connectivity index (χ0v) is 16.1. The Morgan fingerprint density at radius 1 is 1.10 bits per heavy atom. The van der Waals surface area contributed by atoms with Crippen molar-refractivity contribution in [3.8, 4) is 5.75 Å². The molecule has 1 saturated heterocycles. The topological polar surface area (TPSA) is 42.0 Å². The number of anilines is 1. The molecule has 0 aromatic heterocycles. The van der Waals surface area contributed by atoms with Crippen molar-refractivity contribution in [2.75, 3.05) is 44.9 Å². The van der Waals surface area contributed by atoms with Gasteiger partial charge in [-0.2, -0.15) is 13.2 Å². The van der Waals surface area contributed by atoms with E-state index in [1.165, 1.54) is 23.1 Å². The van der Waals surface area contributed by atoms with Gasteiger partial charge in [-0.15, -0.1) is 0 Å². The predicted molar refractivity (Wildman–Crippen MR) is 103 cm³/mol. The van der Waals surface area contributed by atoms with Gasteiger partial charge in [-0.3, -0.25) is 4.79 Å². The molecule has 1 aliphatic heterocycles. The molecule has 156 valence electrons. The minimum atomic E-state index is -4.53. The van der Waals surface area contributed by atoms with Gasteiger partial charge in [0.05, 0.1) is 18.8 Å². The molecule has 0 saturated carbocycles. The molecule has 0 N–H and O–H groups in total. The number of likely N-dealkylation sites (N-methyl/N-ethyl adjacent to an activating group) is 1. The maximum absolute atomic E-state index is 13.0. The van der Waals surface area contributed by atoms with Crippen molar-refractivity contribution in [3.05, 3.63) is 59.7 Å². The van der Waals surface area contributed by atoms with E-state index in [1.807, 2.05) is 24.3 Å².